The molecule has 0 radical (unpaired) electrons. The first kappa shape index (κ1) is 20.1. The Morgan fingerprint density at radius 2 is 1.81 bits per heavy atom. The lowest BCUT2D eigenvalue weighted by Gasteiger charge is -2.36. The summed E-state index contributed by atoms with van der Waals surface area (Å²) in [6.07, 6.45) is 2.47. The Labute approximate surface area is 152 Å². The van der Waals surface area contributed by atoms with Crippen molar-refractivity contribution < 1.29 is 23.1 Å². The number of amides is 2. The third-order valence-electron chi connectivity index (χ3n) is 4.55. The van der Waals surface area contributed by atoms with Crippen LogP contribution in [-0.4, -0.2) is 35.9 Å². The number of carbonyl (C=O) groups is 2. The van der Waals surface area contributed by atoms with E-state index in [1.54, 1.807) is 17.0 Å². The van der Waals surface area contributed by atoms with E-state index in [2.05, 4.69) is 10.1 Å². The van der Waals surface area contributed by atoms with E-state index in [4.69, 9.17) is 0 Å². The molecule has 0 aromatic heterocycles. The normalized spacial score (nSPS) is 18.7. The summed E-state index contributed by atoms with van der Waals surface area (Å²) in [5.74, 6) is -0.267. The molecule has 2 atom stereocenters. The highest BCUT2D eigenvalue weighted by Crippen LogP contribution is 2.22. The summed E-state index contributed by atoms with van der Waals surface area (Å²) in [5, 5.41) is 2.93. The highest BCUT2D eigenvalue weighted by atomic mass is 19.3. The highest BCUT2D eigenvalue weighted by Gasteiger charge is 2.33. The van der Waals surface area contributed by atoms with Gasteiger partial charge in [0, 0.05) is 12.5 Å². The van der Waals surface area contributed by atoms with Crippen LogP contribution in [0.4, 0.5) is 8.78 Å². The molecule has 2 rings (SSSR count). The van der Waals surface area contributed by atoms with Crippen molar-refractivity contribution >= 4 is 11.8 Å². The molecule has 1 aromatic rings. The second-order valence-electron chi connectivity index (χ2n) is 6.88. The molecule has 0 saturated carbocycles. The number of alkyl halides is 2. The largest absolute Gasteiger partial charge is 0.435 e. The third kappa shape index (κ3) is 5.16. The quantitative estimate of drug-likeness (QED) is 0.836. The molecule has 1 aliphatic heterocycles. The van der Waals surface area contributed by atoms with Gasteiger partial charge in [0.1, 0.15) is 11.8 Å². The van der Waals surface area contributed by atoms with Crippen molar-refractivity contribution in [3.8, 4) is 5.75 Å². The SMILES string of the molecule is CC(C)C(=O)N1CCCC[C@@H]1C(=O)N[C@@H](C)c1ccc(OC(F)F)cc1. The summed E-state index contributed by atoms with van der Waals surface area (Å²) < 4.78 is 28.7. The van der Waals surface area contributed by atoms with Crippen LogP contribution in [0, 0.1) is 5.92 Å². The maximum Gasteiger partial charge on any atom is 0.387 e. The second kappa shape index (κ2) is 8.96. The van der Waals surface area contributed by atoms with Gasteiger partial charge in [0.05, 0.1) is 6.04 Å². The second-order valence-corrected chi connectivity index (χ2v) is 6.88. The van der Waals surface area contributed by atoms with E-state index in [-0.39, 0.29) is 29.5 Å². The molecule has 1 heterocycles. The van der Waals surface area contributed by atoms with Crippen molar-refractivity contribution in [3.63, 3.8) is 0 Å². The van der Waals surface area contributed by atoms with E-state index in [1.807, 2.05) is 20.8 Å². The van der Waals surface area contributed by atoms with Crippen molar-refractivity contribution in [2.45, 2.75) is 58.7 Å². The van der Waals surface area contributed by atoms with Gasteiger partial charge in [0.2, 0.25) is 11.8 Å². The average Bonchev–Trinajstić information content (AvgIpc) is 2.61. The Bertz CT molecular complexity index is 620. The Balaban J connectivity index is 2.01. The minimum absolute atomic E-state index is 0.00833. The fraction of sp³-hybridized carbons (Fsp3) is 0.579. The fourth-order valence-corrected chi connectivity index (χ4v) is 3.13. The van der Waals surface area contributed by atoms with Crippen LogP contribution < -0.4 is 10.1 Å². The number of ether oxygens (including phenoxy) is 1. The van der Waals surface area contributed by atoms with Gasteiger partial charge in [-0.3, -0.25) is 9.59 Å². The van der Waals surface area contributed by atoms with E-state index in [9.17, 15) is 18.4 Å². The summed E-state index contributed by atoms with van der Waals surface area (Å²) in [6, 6.07) is 5.41. The van der Waals surface area contributed by atoms with Crippen LogP contribution in [-0.2, 0) is 9.59 Å². The van der Waals surface area contributed by atoms with Crippen molar-refractivity contribution in [2.75, 3.05) is 6.54 Å². The van der Waals surface area contributed by atoms with Crippen molar-refractivity contribution in [2.24, 2.45) is 5.92 Å². The van der Waals surface area contributed by atoms with Gasteiger partial charge in [-0.25, -0.2) is 0 Å². The first-order valence-corrected chi connectivity index (χ1v) is 8.95. The lowest BCUT2D eigenvalue weighted by Crippen LogP contribution is -2.53. The standard InChI is InChI=1S/C19H26F2N2O3/c1-12(2)18(25)23-11-5-4-6-16(23)17(24)22-13(3)14-7-9-15(10-8-14)26-19(20)21/h7-10,12-13,16,19H,4-6,11H2,1-3H3,(H,22,24)/t13-,16+/m0/s1. The summed E-state index contributed by atoms with van der Waals surface area (Å²) in [7, 11) is 0. The molecule has 26 heavy (non-hydrogen) atoms. The Morgan fingerprint density at radius 1 is 1.15 bits per heavy atom. The third-order valence-corrected chi connectivity index (χ3v) is 4.55. The van der Waals surface area contributed by atoms with Gasteiger partial charge in [-0.05, 0) is 43.9 Å². The van der Waals surface area contributed by atoms with Crippen LogP contribution >= 0.6 is 0 Å². The van der Waals surface area contributed by atoms with Crippen molar-refractivity contribution in [3.05, 3.63) is 29.8 Å². The summed E-state index contributed by atoms with van der Waals surface area (Å²) in [5.41, 5.74) is 0.775. The van der Waals surface area contributed by atoms with Crippen molar-refractivity contribution in [1.29, 1.82) is 0 Å². The van der Waals surface area contributed by atoms with Crippen LogP contribution in [0.5, 0.6) is 5.75 Å². The number of hydrogen-bond donors (Lipinski definition) is 1. The number of nitrogens with zero attached hydrogens (tertiary/aromatic N) is 1. The minimum Gasteiger partial charge on any atom is -0.435 e. The van der Waals surface area contributed by atoms with Crippen LogP contribution in [0.3, 0.4) is 0 Å². The number of piperidine rings is 1. The van der Waals surface area contributed by atoms with Crippen molar-refractivity contribution in [1.82, 2.24) is 10.2 Å². The molecule has 1 aliphatic rings. The van der Waals surface area contributed by atoms with E-state index in [1.165, 1.54) is 12.1 Å². The van der Waals surface area contributed by atoms with E-state index >= 15 is 0 Å². The molecule has 1 fully saturated rings. The summed E-state index contributed by atoms with van der Waals surface area (Å²) in [6.45, 7) is 3.21. The molecule has 1 aromatic carbocycles. The van der Waals surface area contributed by atoms with Crippen LogP contribution in [0.2, 0.25) is 0 Å². The van der Waals surface area contributed by atoms with Gasteiger partial charge in [-0.1, -0.05) is 26.0 Å². The number of carbonyl (C=O) groups excluding carboxylic acids is 2. The predicted octanol–water partition coefficient (Wildman–Crippen LogP) is 3.50. The Morgan fingerprint density at radius 3 is 2.38 bits per heavy atom. The van der Waals surface area contributed by atoms with Gasteiger partial charge in [0.15, 0.2) is 0 Å². The molecule has 0 bridgehead atoms. The van der Waals surface area contributed by atoms with Gasteiger partial charge in [-0.15, -0.1) is 0 Å². The lowest BCUT2D eigenvalue weighted by atomic mass is 9.98. The van der Waals surface area contributed by atoms with Gasteiger partial charge in [-0.2, -0.15) is 8.78 Å². The van der Waals surface area contributed by atoms with Gasteiger partial charge in [0.25, 0.3) is 0 Å². The number of likely N-dealkylation sites (tertiary alicyclic amines) is 1. The maximum absolute atomic E-state index is 12.7. The summed E-state index contributed by atoms with van der Waals surface area (Å²) >= 11 is 0. The molecule has 0 aliphatic carbocycles. The smallest absolute Gasteiger partial charge is 0.387 e. The molecule has 1 saturated heterocycles. The number of rotatable bonds is 6. The van der Waals surface area contributed by atoms with E-state index < -0.39 is 12.7 Å². The minimum atomic E-state index is -2.87. The first-order chi connectivity index (χ1) is 12.3. The maximum atomic E-state index is 12.7. The molecule has 1 N–H and O–H groups in total. The van der Waals surface area contributed by atoms with E-state index in [0.717, 1.165) is 18.4 Å². The zero-order valence-electron chi connectivity index (χ0n) is 15.4. The topological polar surface area (TPSA) is 58.6 Å². The van der Waals surface area contributed by atoms with Gasteiger partial charge < -0.3 is 15.0 Å². The molecule has 144 valence electrons. The first-order valence-electron chi connectivity index (χ1n) is 8.95. The fourth-order valence-electron chi connectivity index (χ4n) is 3.13. The molecule has 0 spiro atoms. The van der Waals surface area contributed by atoms with Crippen LogP contribution in [0.15, 0.2) is 24.3 Å². The zero-order valence-corrected chi connectivity index (χ0v) is 15.4. The number of hydrogen-bond acceptors (Lipinski definition) is 3. The number of halogens is 2. The summed E-state index contributed by atoms with van der Waals surface area (Å²) in [4.78, 5) is 26.7. The number of nitrogens with one attached hydrogen (secondary N) is 1. The predicted molar refractivity (Wildman–Crippen MR) is 93.8 cm³/mol. The zero-order chi connectivity index (χ0) is 19.3. The van der Waals surface area contributed by atoms with Gasteiger partial charge >= 0.3 is 6.61 Å². The molecule has 7 heteroatoms. The monoisotopic (exact) mass is 368 g/mol. The van der Waals surface area contributed by atoms with E-state index in [0.29, 0.717) is 13.0 Å². The average molecular weight is 368 g/mol. The Kier molecular flexibility index (Phi) is 6.94. The molecular weight excluding hydrogens is 342 g/mol. The van der Waals surface area contributed by atoms with Crippen LogP contribution in [0.25, 0.3) is 0 Å². The highest BCUT2D eigenvalue weighted by molar-refractivity contribution is 5.88. The lowest BCUT2D eigenvalue weighted by molar-refractivity contribution is -0.144. The molecular formula is C19H26F2N2O3. The molecule has 2 amide bonds. The number of benzene rings is 1. The van der Waals surface area contributed by atoms with Crippen LogP contribution in [0.1, 0.15) is 51.6 Å². The Hall–Kier alpha value is -2.18. The molecule has 0 unspecified atom stereocenters. The molecule has 5 nitrogen and oxygen atoms in total.